The Hall–Kier alpha value is -0.800. The number of hydrogen-bond donors (Lipinski definition) is 2. The molecule has 3 atom stereocenters. The van der Waals surface area contributed by atoms with Gasteiger partial charge >= 0.3 is 0 Å². The zero-order chi connectivity index (χ0) is 12.1. The van der Waals surface area contributed by atoms with Crippen LogP contribution in [0, 0.1) is 5.92 Å². The molecule has 0 aromatic carbocycles. The van der Waals surface area contributed by atoms with E-state index in [-0.39, 0.29) is 6.04 Å². The zero-order valence-electron chi connectivity index (χ0n) is 10.6. The van der Waals surface area contributed by atoms with Crippen LogP contribution in [0.25, 0.3) is 0 Å². The van der Waals surface area contributed by atoms with E-state index in [0.29, 0.717) is 18.6 Å². The SMILES string of the molecule is CCC(NC1CCCCC1CO)c1ccco1. The van der Waals surface area contributed by atoms with Gasteiger partial charge in [0.2, 0.25) is 0 Å². The molecule has 2 rings (SSSR count). The molecule has 3 nitrogen and oxygen atoms in total. The predicted octanol–water partition coefficient (Wildman–Crippen LogP) is 2.87. The summed E-state index contributed by atoms with van der Waals surface area (Å²) in [5, 5.41) is 13.1. The Balaban J connectivity index is 1.97. The van der Waals surface area contributed by atoms with Crippen LogP contribution in [0.1, 0.15) is 50.8 Å². The molecule has 0 bridgehead atoms. The van der Waals surface area contributed by atoms with Crippen LogP contribution in [0.3, 0.4) is 0 Å². The van der Waals surface area contributed by atoms with Crippen molar-refractivity contribution in [2.45, 2.75) is 51.1 Å². The topological polar surface area (TPSA) is 45.4 Å². The molecule has 0 radical (unpaired) electrons. The first kappa shape index (κ1) is 12.7. The maximum Gasteiger partial charge on any atom is 0.120 e. The van der Waals surface area contributed by atoms with E-state index < -0.39 is 0 Å². The highest BCUT2D eigenvalue weighted by Gasteiger charge is 2.27. The molecule has 3 heteroatoms. The second-order valence-electron chi connectivity index (χ2n) is 4.98. The standard InChI is InChI=1S/C14H23NO2/c1-2-12(14-8-5-9-17-14)15-13-7-4-3-6-11(13)10-16/h5,8-9,11-13,15-16H,2-4,6-7,10H2,1H3. The van der Waals surface area contributed by atoms with Crippen LogP contribution in [0.2, 0.25) is 0 Å². The van der Waals surface area contributed by atoms with Crippen molar-refractivity contribution in [2.75, 3.05) is 6.61 Å². The van der Waals surface area contributed by atoms with Gasteiger partial charge < -0.3 is 14.8 Å². The lowest BCUT2D eigenvalue weighted by Gasteiger charge is -2.33. The van der Waals surface area contributed by atoms with Gasteiger partial charge in [-0.05, 0) is 37.3 Å². The fraction of sp³-hybridized carbons (Fsp3) is 0.714. The molecule has 1 aliphatic rings. The van der Waals surface area contributed by atoms with Gasteiger partial charge in [0.25, 0.3) is 0 Å². The Morgan fingerprint density at radius 1 is 1.47 bits per heavy atom. The number of rotatable bonds is 5. The number of hydrogen-bond acceptors (Lipinski definition) is 3. The Morgan fingerprint density at radius 3 is 2.94 bits per heavy atom. The average Bonchev–Trinajstić information content (AvgIpc) is 2.90. The first-order valence-electron chi connectivity index (χ1n) is 6.75. The van der Waals surface area contributed by atoms with Gasteiger partial charge in [-0.25, -0.2) is 0 Å². The van der Waals surface area contributed by atoms with Crippen molar-refractivity contribution in [3.63, 3.8) is 0 Å². The van der Waals surface area contributed by atoms with Gasteiger partial charge in [-0.15, -0.1) is 0 Å². The van der Waals surface area contributed by atoms with Crippen molar-refractivity contribution < 1.29 is 9.52 Å². The van der Waals surface area contributed by atoms with Crippen molar-refractivity contribution in [1.29, 1.82) is 0 Å². The van der Waals surface area contributed by atoms with E-state index in [9.17, 15) is 5.11 Å². The molecule has 1 aromatic rings. The summed E-state index contributed by atoms with van der Waals surface area (Å²) in [4.78, 5) is 0. The van der Waals surface area contributed by atoms with E-state index in [0.717, 1.165) is 18.6 Å². The quantitative estimate of drug-likeness (QED) is 0.827. The van der Waals surface area contributed by atoms with Gasteiger partial charge in [0.15, 0.2) is 0 Å². The van der Waals surface area contributed by atoms with Crippen molar-refractivity contribution in [3.8, 4) is 0 Å². The molecule has 0 spiro atoms. The lowest BCUT2D eigenvalue weighted by molar-refractivity contribution is 0.142. The van der Waals surface area contributed by atoms with Gasteiger partial charge in [0.05, 0.1) is 12.3 Å². The second-order valence-corrected chi connectivity index (χ2v) is 4.98. The molecule has 2 N–H and O–H groups in total. The monoisotopic (exact) mass is 237 g/mol. The van der Waals surface area contributed by atoms with E-state index in [4.69, 9.17) is 4.42 Å². The summed E-state index contributed by atoms with van der Waals surface area (Å²) in [6.45, 7) is 2.46. The molecule has 1 aromatic heterocycles. The Labute approximate surface area is 103 Å². The first-order chi connectivity index (χ1) is 8.35. The third-order valence-electron chi connectivity index (χ3n) is 3.85. The molecule has 1 aliphatic carbocycles. The largest absolute Gasteiger partial charge is 0.468 e. The number of nitrogens with one attached hydrogen (secondary N) is 1. The Morgan fingerprint density at radius 2 is 2.29 bits per heavy atom. The van der Waals surface area contributed by atoms with Gasteiger partial charge in [-0.1, -0.05) is 19.8 Å². The van der Waals surface area contributed by atoms with Gasteiger partial charge in [-0.2, -0.15) is 0 Å². The van der Waals surface area contributed by atoms with Gasteiger partial charge in [0, 0.05) is 12.6 Å². The van der Waals surface area contributed by atoms with Crippen LogP contribution in [0.15, 0.2) is 22.8 Å². The highest BCUT2D eigenvalue weighted by molar-refractivity contribution is 5.05. The maximum absolute atomic E-state index is 9.41. The van der Waals surface area contributed by atoms with Crippen LogP contribution in [0.4, 0.5) is 0 Å². The van der Waals surface area contributed by atoms with Crippen molar-refractivity contribution in [2.24, 2.45) is 5.92 Å². The minimum Gasteiger partial charge on any atom is -0.468 e. The van der Waals surface area contributed by atoms with Crippen LogP contribution >= 0.6 is 0 Å². The number of aliphatic hydroxyl groups is 1. The molecule has 0 aliphatic heterocycles. The lowest BCUT2D eigenvalue weighted by atomic mass is 9.84. The molecule has 96 valence electrons. The number of aliphatic hydroxyl groups excluding tert-OH is 1. The lowest BCUT2D eigenvalue weighted by Crippen LogP contribution is -2.41. The Kier molecular flexibility index (Phi) is 4.63. The summed E-state index contributed by atoms with van der Waals surface area (Å²) < 4.78 is 5.47. The first-order valence-corrected chi connectivity index (χ1v) is 6.75. The summed E-state index contributed by atoms with van der Waals surface area (Å²) in [6.07, 6.45) is 7.57. The second kappa shape index (κ2) is 6.22. The van der Waals surface area contributed by atoms with Crippen LogP contribution in [0.5, 0.6) is 0 Å². The third-order valence-corrected chi connectivity index (χ3v) is 3.85. The minimum absolute atomic E-state index is 0.280. The maximum atomic E-state index is 9.41. The molecule has 0 saturated heterocycles. The molecule has 1 fully saturated rings. The van der Waals surface area contributed by atoms with Crippen LogP contribution in [-0.2, 0) is 0 Å². The van der Waals surface area contributed by atoms with E-state index in [1.165, 1.54) is 19.3 Å². The highest BCUT2D eigenvalue weighted by atomic mass is 16.3. The molecule has 1 heterocycles. The number of furan rings is 1. The van der Waals surface area contributed by atoms with E-state index in [1.54, 1.807) is 6.26 Å². The third kappa shape index (κ3) is 3.11. The summed E-state index contributed by atoms with van der Waals surface area (Å²) in [5.74, 6) is 1.42. The molecule has 0 amide bonds. The van der Waals surface area contributed by atoms with Gasteiger partial charge in [0.1, 0.15) is 5.76 Å². The summed E-state index contributed by atoms with van der Waals surface area (Å²) in [6, 6.07) is 4.67. The van der Waals surface area contributed by atoms with E-state index in [2.05, 4.69) is 12.2 Å². The average molecular weight is 237 g/mol. The summed E-state index contributed by atoms with van der Waals surface area (Å²) in [7, 11) is 0. The smallest absolute Gasteiger partial charge is 0.120 e. The fourth-order valence-corrected chi connectivity index (χ4v) is 2.79. The zero-order valence-corrected chi connectivity index (χ0v) is 10.6. The van der Waals surface area contributed by atoms with E-state index in [1.807, 2.05) is 12.1 Å². The predicted molar refractivity (Wildman–Crippen MR) is 67.7 cm³/mol. The fourth-order valence-electron chi connectivity index (χ4n) is 2.79. The molecule has 1 saturated carbocycles. The summed E-state index contributed by atoms with van der Waals surface area (Å²) >= 11 is 0. The van der Waals surface area contributed by atoms with Crippen LogP contribution in [-0.4, -0.2) is 17.8 Å². The van der Waals surface area contributed by atoms with Crippen molar-refractivity contribution in [3.05, 3.63) is 24.2 Å². The van der Waals surface area contributed by atoms with E-state index >= 15 is 0 Å². The van der Waals surface area contributed by atoms with Crippen molar-refractivity contribution in [1.82, 2.24) is 5.32 Å². The van der Waals surface area contributed by atoms with Crippen molar-refractivity contribution >= 4 is 0 Å². The molecule has 17 heavy (non-hydrogen) atoms. The van der Waals surface area contributed by atoms with Gasteiger partial charge in [-0.3, -0.25) is 0 Å². The normalized spacial score (nSPS) is 26.9. The molecular formula is C14H23NO2. The highest BCUT2D eigenvalue weighted by Crippen LogP contribution is 2.27. The molecule has 3 unspecified atom stereocenters. The minimum atomic E-state index is 0.280. The molecular weight excluding hydrogens is 214 g/mol. The summed E-state index contributed by atoms with van der Waals surface area (Å²) in [5.41, 5.74) is 0. The Bertz CT molecular complexity index is 310. The van der Waals surface area contributed by atoms with Crippen LogP contribution < -0.4 is 5.32 Å².